The number of halogens is 2. The second kappa shape index (κ2) is 11.3. The number of aryl methyl sites for hydroxylation is 1. The van der Waals surface area contributed by atoms with Crippen LogP contribution in [0.2, 0.25) is 10.0 Å². The van der Waals surface area contributed by atoms with Crippen molar-refractivity contribution in [1.29, 1.82) is 0 Å². The number of carbonyl (C=O) groups excluding carboxylic acids is 2. The lowest BCUT2D eigenvalue weighted by atomic mass is 10.2. The number of ether oxygens (including phenoxy) is 1. The van der Waals surface area contributed by atoms with Crippen molar-refractivity contribution in [1.82, 2.24) is 5.43 Å². The van der Waals surface area contributed by atoms with E-state index in [0.717, 1.165) is 5.56 Å². The predicted octanol–water partition coefficient (Wildman–Crippen LogP) is 4.99. The minimum atomic E-state index is -0.558. The summed E-state index contributed by atoms with van der Waals surface area (Å²) in [5.74, 6) is -0.798. The summed E-state index contributed by atoms with van der Waals surface area (Å²) in [5, 5.41) is 17.5. The van der Waals surface area contributed by atoms with E-state index >= 15 is 0 Å². The van der Waals surface area contributed by atoms with Gasteiger partial charge in [-0.05, 0) is 48.9 Å². The molecule has 0 aliphatic carbocycles. The first-order valence-corrected chi connectivity index (χ1v) is 10.5. The Morgan fingerprint density at radius 3 is 2.26 bits per heavy atom. The van der Waals surface area contributed by atoms with Crippen LogP contribution in [-0.4, -0.2) is 29.6 Å². The van der Waals surface area contributed by atoms with E-state index in [1.165, 1.54) is 42.6 Å². The number of amides is 2. The Labute approximate surface area is 204 Å². The molecule has 0 saturated carbocycles. The van der Waals surface area contributed by atoms with E-state index in [0.29, 0.717) is 11.3 Å². The van der Waals surface area contributed by atoms with Crippen LogP contribution in [0.5, 0.6) is 5.75 Å². The number of anilines is 1. The summed E-state index contributed by atoms with van der Waals surface area (Å²) in [6.45, 7) is 1.64. The first-order valence-electron chi connectivity index (χ1n) is 9.79. The van der Waals surface area contributed by atoms with Gasteiger partial charge in [-0.1, -0.05) is 40.9 Å². The quantitative estimate of drug-likeness (QED) is 0.256. The number of hydrogen-bond donors (Lipinski definition) is 2. The molecule has 0 atom stereocenters. The second-order valence-electron chi connectivity index (χ2n) is 7.02. The van der Waals surface area contributed by atoms with Crippen LogP contribution < -0.4 is 15.5 Å². The van der Waals surface area contributed by atoms with Gasteiger partial charge in [0, 0.05) is 23.4 Å². The average Bonchev–Trinajstić information content (AvgIpc) is 2.80. The Kier molecular flexibility index (Phi) is 8.18. The number of nitrogens with zero attached hydrogens (tertiary/aromatic N) is 2. The zero-order valence-corrected chi connectivity index (χ0v) is 19.3. The van der Waals surface area contributed by atoms with Crippen molar-refractivity contribution >= 4 is 52.6 Å². The molecule has 2 amide bonds. The fraction of sp³-hybridized carbons (Fsp3) is 0.0870. The second-order valence-corrected chi connectivity index (χ2v) is 7.83. The molecule has 11 heteroatoms. The summed E-state index contributed by atoms with van der Waals surface area (Å²) in [6.07, 6.45) is 1.31. The summed E-state index contributed by atoms with van der Waals surface area (Å²) < 4.78 is 5.47. The molecular formula is C23H18Cl2N4O5. The van der Waals surface area contributed by atoms with E-state index in [1.807, 2.05) is 19.1 Å². The third kappa shape index (κ3) is 6.77. The maximum Gasteiger partial charge on any atom is 0.271 e. The summed E-state index contributed by atoms with van der Waals surface area (Å²) in [4.78, 5) is 34.3. The van der Waals surface area contributed by atoms with Gasteiger partial charge in [0.15, 0.2) is 12.4 Å². The van der Waals surface area contributed by atoms with E-state index < -0.39 is 10.8 Å². The molecule has 0 unspecified atom stereocenters. The van der Waals surface area contributed by atoms with Crippen LogP contribution in [0.25, 0.3) is 0 Å². The minimum absolute atomic E-state index is 0.126. The summed E-state index contributed by atoms with van der Waals surface area (Å²) in [6, 6.07) is 15.4. The Morgan fingerprint density at radius 2 is 1.68 bits per heavy atom. The number of rotatable bonds is 8. The third-order valence-electron chi connectivity index (χ3n) is 4.42. The summed E-state index contributed by atoms with van der Waals surface area (Å²) in [7, 11) is 0. The Morgan fingerprint density at radius 1 is 1.06 bits per heavy atom. The van der Waals surface area contributed by atoms with E-state index in [9.17, 15) is 19.7 Å². The minimum Gasteiger partial charge on any atom is -0.481 e. The molecule has 2 N–H and O–H groups in total. The van der Waals surface area contributed by atoms with Gasteiger partial charge in [-0.15, -0.1) is 0 Å². The smallest absolute Gasteiger partial charge is 0.271 e. The fourth-order valence-corrected chi connectivity index (χ4v) is 3.34. The summed E-state index contributed by atoms with van der Waals surface area (Å²) in [5.41, 5.74) is 4.56. The van der Waals surface area contributed by atoms with E-state index in [4.69, 9.17) is 27.9 Å². The highest BCUT2D eigenvalue weighted by atomic mass is 35.5. The largest absolute Gasteiger partial charge is 0.481 e. The average molecular weight is 501 g/mol. The van der Waals surface area contributed by atoms with Crippen LogP contribution >= 0.6 is 23.2 Å². The molecule has 0 saturated heterocycles. The van der Waals surface area contributed by atoms with Crippen molar-refractivity contribution in [2.75, 3.05) is 11.9 Å². The Balaban J connectivity index is 1.57. The highest BCUT2D eigenvalue weighted by molar-refractivity contribution is 6.37. The number of hydrazone groups is 1. The third-order valence-corrected chi connectivity index (χ3v) is 4.99. The van der Waals surface area contributed by atoms with E-state index in [-0.39, 0.29) is 39.6 Å². The lowest BCUT2D eigenvalue weighted by Crippen LogP contribution is -2.20. The maximum atomic E-state index is 12.1. The summed E-state index contributed by atoms with van der Waals surface area (Å²) >= 11 is 12.5. The molecule has 0 aliphatic rings. The zero-order chi connectivity index (χ0) is 24.7. The van der Waals surface area contributed by atoms with Crippen LogP contribution in [0.15, 0.2) is 65.8 Å². The monoisotopic (exact) mass is 500 g/mol. The van der Waals surface area contributed by atoms with E-state index in [1.54, 1.807) is 12.1 Å². The SMILES string of the molecule is Cc1ccc(NC(=O)COc2c(Cl)cc(/C=N/NC(=O)c3ccc([N+](=O)[O-])cc3)cc2Cl)cc1. The first-order chi connectivity index (χ1) is 16.2. The fourth-order valence-electron chi connectivity index (χ4n) is 2.73. The lowest BCUT2D eigenvalue weighted by molar-refractivity contribution is -0.384. The molecular weight excluding hydrogens is 483 g/mol. The zero-order valence-electron chi connectivity index (χ0n) is 17.7. The number of hydrogen-bond acceptors (Lipinski definition) is 6. The molecule has 0 aromatic heterocycles. The number of nitro benzene ring substituents is 1. The van der Waals surface area contributed by atoms with Gasteiger partial charge in [-0.3, -0.25) is 19.7 Å². The number of non-ortho nitro benzene ring substituents is 1. The van der Waals surface area contributed by atoms with Crippen LogP contribution in [0, 0.1) is 17.0 Å². The van der Waals surface area contributed by atoms with Crippen LogP contribution in [0.3, 0.4) is 0 Å². The molecule has 3 rings (SSSR count). The van der Waals surface area contributed by atoms with Gasteiger partial charge >= 0.3 is 0 Å². The van der Waals surface area contributed by atoms with Crippen molar-refractivity contribution < 1.29 is 19.2 Å². The molecule has 3 aromatic carbocycles. The standard InChI is InChI=1S/C23H18Cl2N4O5/c1-14-2-6-17(7-3-14)27-21(30)13-34-22-19(24)10-15(11-20(22)25)12-26-28-23(31)16-4-8-18(9-5-16)29(32)33/h2-12H,13H2,1H3,(H,27,30)(H,28,31)/b26-12+. The number of carbonyl (C=O) groups is 2. The van der Waals surface area contributed by atoms with Crippen LogP contribution in [0.1, 0.15) is 21.5 Å². The molecule has 0 heterocycles. The Hall–Kier alpha value is -3.95. The molecule has 0 fully saturated rings. The number of nitrogens with one attached hydrogen (secondary N) is 2. The predicted molar refractivity (Wildman–Crippen MR) is 130 cm³/mol. The van der Waals surface area contributed by atoms with Gasteiger partial charge in [-0.2, -0.15) is 5.10 Å². The van der Waals surface area contributed by atoms with Crippen molar-refractivity contribution in [3.05, 3.63) is 97.5 Å². The van der Waals surface area contributed by atoms with Crippen molar-refractivity contribution in [3.8, 4) is 5.75 Å². The first kappa shape index (κ1) is 24.7. The van der Waals surface area contributed by atoms with Crippen LogP contribution in [0.4, 0.5) is 11.4 Å². The highest BCUT2D eigenvalue weighted by Crippen LogP contribution is 2.33. The maximum absolute atomic E-state index is 12.1. The normalized spacial score (nSPS) is 10.7. The lowest BCUT2D eigenvalue weighted by Gasteiger charge is -2.11. The molecule has 0 aliphatic heterocycles. The van der Waals surface area contributed by atoms with Crippen molar-refractivity contribution in [3.63, 3.8) is 0 Å². The molecule has 0 radical (unpaired) electrons. The van der Waals surface area contributed by atoms with Gasteiger partial charge in [0.2, 0.25) is 0 Å². The molecule has 34 heavy (non-hydrogen) atoms. The molecule has 3 aromatic rings. The molecule has 9 nitrogen and oxygen atoms in total. The number of nitro groups is 1. The van der Waals surface area contributed by atoms with Gasteiger partial charge in [0.05, 0.1) is 21.2 Å². The molecule has 0 bridgehead atoms. The highest BCUT2D eigenvalue weighted by Gasteiger charge is 2.12. The molecule has 174 valence electrons. The van der Waals surface area contributed by atoms with Gasteiger partial charge < -0.3 is 10.1 Å². The van der Waals surface area contributed by atoms with Gasteiger partial charge in [-0.25, -0.2) is 5.43 Å². The van der Waals surface area contributed by atoms with Crippen LogP contribution in [-0.2, 0) is 4.79 Å². The van der Waals surface area contributed by atoms with Crippen molar-refractivity contribution in [2.24, 2.45) is 5.10 Å². The Bertz CT molecular complexity index is 1220. The van der Waals surface area contributed by atoms with Crippen molar-refractivity contribution in [2.45, 2.75) is 6.92 Å². The number of benzene rings is 3. The van der Waals surface area contributed by atoms with Gasteiger partial charge in [0.25, 0.3) is 17.5 Å². The van der Waals surface area contributed by atoms with Gasteiger partial charge in [0.1, 0.15) is 0 Å². The molecule has 0 spiro atoms. The van der Waals surface area contributed by atoms with E-state index in [2.05, 4.69) is 15.8 Å². The topological polar surface area (TPSA) is 123 Å².